The summed E-state index contributed by atoms with van der Waals surface area (Å²) in [7, 11) is -2.01. The Bertz CT molecular complexity index is 662. The maximum absolute atomic E-state index is 11.9. The van der Waals surface area contributed by atoms with Gasteiger partial charge in [-0.05, 0) is 86.2 Å². The monoisotopic (exact) mass is 404 g/mol. The molecule has 6 atom stereocenters. The fourth-order valence-corrected chi connectivity index (χ4v) is 8.90. The minimum absolute atomic E-state index is 0.0833. The van der Waals surface area contributed by atoms with Crippen molar-refractivity contribution in [2.24, 2.45) is 28.6 Å². The molecule has 2 nitrogen and oxygen atoms in total. The van der Waals surface area contributed by atoms with Crippen LogP contribution in [0, 0.1) is 28.6 Å². The standard InChI is InChI=1S/C25H44O2Si/c1-22(2,3)28(6,7)27-25(26)17-14-21-19-12-11-18-10-8-9-15-23(18,4)20(19)13-16-24(21,25)5/h11,19-21,26H,8-10,12-17H2,1-7H3/t19-,20+,21+,23+,24+,25+/m1/s1. The highest BCUT2D eigenvalue weighted by molar-refractivity contribution is 6.74. The van der Waals surface area contributed by atoms with Gasteiger partial charge in [0.25, 0.3) is 0 Å². The van der Waals surface area contributed by atoms with Gasteiger partial charge in [-0.3, -0.25) is 0 Å². The Morgan fingerprint density at radius 2 is 1.71 bits per heavy atom. The van der Waals surface area contributed by atoms with Crippen molar-refractivity contribution in [1.82, 2.24) is 0 Å². The summed E-state index contributed by atoms with van der Waals surface area (Å²) in [6, 6.07) is 0. The van der Waals surface area contributed by atoms with E-state index in [1.165, 1.54) is 38.5 Å². The van der Waals surface area contributed by atoms with Gasteiger partial charge in [-0.15, -0.1) is 0 Å². The van der Waals surface area contributed by atoms with E-state index in [-0.39, 0.29) is 10.5 Å². The Kier molecular flexibility index (Phi) is 4.86. The second-order valence-corrected chi connectivity index (χ2v) is 17.3. The molecule has 0 saturated heterocycles. The highest BCUT2D eigenvalue weighted by Crippen LogP contribution is 2.67. The first-order valence-electron chi connectivity index (χ1n) is 12.0. The van der Waals surface area contributed by atoms with Crippen LogP contribution in [0.4, 0.5) is 0 Å². The van der Waals surface area contributed by atoms with E-state index in [9.17, 15) is 5.11 Å². The Labute approximate surface area is 174 Å². The Hall–Kier alpha value is -0.123. The van der Waals surface area contributed by atoms with Gasteiger partial charge in [0.2, 0.25) is 0 Å². The summed E-state index contributed by atoms with van der Waals surface area (Å²) in [5.74, 6) is 1.24. The third-order valence-electron chi connectivity index (χ3n) is 10.3. The lowest BCUT2D eigenvalue weighted by Gasteiger charge is -2.59. The van der Waals surface area contributed by atoms with Crippen molar-refractivity contribution in [1.29, 1.82) is 0 Å². The molecule has 3 fully saturated rings. The normalized spacial score (nSPS) is 46.4. The van der Waals surface area contributed by atoms with Gasteiger partial charge in [0.05, 0.1) is 0 Å². The van der Waals surface area contributed by atoms with Crippen LogP contribution in [0.25, 0.3) is 0 Å². The van der Waals surface area contributed by atoms with Crippen molar-refractivity contribution < 1.29 is 9.53 Å². The second-order valence-electron chi connectivity index (χ2n) is 12.6. The Balaban J connectivity index is 1.63. The fourth-order valence-electron chi connectivity index (χ4n) is 7.42. The number of aliphatic hydroxyl groups is 1. The molecule has 0 spiro atoms. The molecule has 0 bridgehead atoms. The first-order valence-corrected chi connectivity index (χ1v) is 14.9. The van der Waals surface area contributed by atoms with Crippen LogP contribution in [0.3, 0.4) is 0 Å². The minimum Gasteiger partial charge on any atom is -0.390 e. The third kappa shape index (κ3) is 2.86. The van der Waals surface area contributed by atoms with Crippen LogP contribution in [-0.4, -0.2) is 19.2 Å². The number of allylic oxidation sites excluding steroid dienone is 2. The van der Waals surface area contributed by atoms with E-state index in [1.54, 1.807) is 5.57 Å². The predicted octanol–water partition coefficient (Wildman–Crippen LogP) is 7.05. The fraction of sp³-hybridized carbons (Fsp3) is 0.920. The molecule has 0 aromatic rings. The summed E-state index contributed by atoms with van der Waals surface area (Å²) in [6.45, 7) is 16.4. The largest absolute Gasteiger partial charge is 0.390 e. The Morgan fingerprint density at radius 1 is 1.04 bits per heavy atom. The minimum atomic E-state index is -2.01. The summed E-state index contributed by atoms with van der Waals surface area (Å²) >= 11 is 0. The predicted molar refractivity (Wildman–Crippen MR) is 120 cm³/mol. The van der Waals surface area contributed by atoms with Crippen LogP contribution in [0.2, 0.25) is 18.1 Å². The summed E-state index contributed by atoms with van der Waals surface area (Å²) in [5, 5.41) is 12.1. The van der Waals surface area contributed by atoms with Crippen LogP contribution < -0.4 is 0 Å². The second kappa shape index (κ2) is 6.44. The summed E-state index contributed by atoms with van der Waals surface area (Å²) in [4.78, 5) is 0. The van der Waals surface area contributed by atoms with Crippen molar-refractivity contribution in [2.75, 3.05) is 0 Å². The van der Waals surface area contributed by atoms with E-state index in [2.05, 4.69) is 53.8 Å². The van der Waals surface area contributed by atoms with E-state index in [0.717, 1.165) is 31.1 Å². The lowest BCUT2D eigenvalue weighted by Crippen LogP contribution is -2.59. The van der Waals surface area contributed by atoms with E-state index in [0.29, 0.717) is 11.3 Å². The summed E-state index contributed by atoms with van der Waals surface area (Å²) in [6.07, 6.45) is 13.7. The average molecular weight is 405 g/mol. The smallest absolute Gasteiger partial charge is 0.195 e. The molecular weight excluding hydrogens is 360 g/mol. The topological polar surface area (TPSA) is 29.5 Å². The van der Waals surface area contributed by atoms with Crippen molar-refractivity contribution in [2.45, 2.75) is 116 Å². The molecule has 160 valence electrons. The first-order chi connectivity index (χ1) is 12.8. The molecule has 0 aromatic heterocycles. The maximum atomic E-state index is 11.9. The van der Waals surface area contributed by atoms with Gasteiger partial charge in [0.15, 0.2) is 14.1 Å². The molecular formula is C25H44O2Si. The van der Waals surface area contributed by atoms with E-state index in [4.69, 9.17) is 4.43 Å². The van der Waals surface area contributed by atoms with Gasteiger partial charge >= 0.3 is 0 Å². The molecule has 4 rings (SSSR count). The van der Waals surface area contributed by atoms with Crippen LogP contribution in [0.1, 0.15) is 92.4 Å². The molecule has 4 aliphatic carbocycles. The lowest BCUT2D eigenvalue weighted by atomic mass is 9.48. The maximum Gasteiger partial charge on any atom is 0.195 e. The van der Waals surface area contributed by atoms with Gasteiger partial charge in [-0.1, -0.05) is 52.7 Å². The molecule has 0 aliphatic heterocycles. The highest BCUT2D eigenvalue weighted by Gasteiger charge is 2.65. The molecule has 3 saturated carbocycles. The van der Waals surface area contributed by atoms with Gasteiger partial charge in [0, 0.05) is 11.8 Å². The van der Waals surface area contributed by atoms with Gasteiger partial charge in [0.1, 0.15) is 0 Å². The molecule has 0 amide bonds. The van der Waals surface area contributed by atoms with Gasteiger partial charge < -0.3 is 9.53 Å². The highest BCUT2D eigenvalue weighted by atomic mass is 28.4. The Morgan fingerprint density at radius 3 is 2.39 bits per heavy atom. The zero-order chi connectivity index (χ0) is 20.6. The molecule has 4 aliphatic rings. The number of hydrogen-bond acceptors (Lipinski definition) is 2. The van der Waals surface area contributed by atoms with Crippen LogP contribution in [0.5, 0.6) is 0 Å². The third-order valence-corrected chi connectivity index (χ3v) is 14.8. The van der Waals surface area contributed by atoms with Crippen molar-refractivity contribution in [3.05, 3.63) is 11.6 Å². The number of rotatable bonds is 2. The summed E-state index contributed by atoms with van der Waals surface area (Å²) < 4.78 is 6.81. The molecule has 0 aromatic carbocycles. The number of hydrogen-bond donors (Lipinski definition) is 1. The van der Waals surface area contributed by atoms with Crippen LogP contribution in [0.15, 0.2) is 11.6 Å². The molecule has 3 heteroatoms. The summed E-state index contributed by atoms with van der Waals surface area (Å²) in [5.41, 5.74) is 2.12. The van der Waals surface area contributed by atoms with Gasteiger partial charge in [-0.2, -0.15) is 0 Å². The number of fused-ring (bicyclic) bond motifs is 5. The first kappa shape index (κ1) is 21.1. The van der Waals surface area contributed by atoms with E-state index < -0.39 is 14.1 Å². The quantitative estimate of drug-likeness (QED) is 0.303. The molecule has 28 heavy (non-hydrogen) atoms. The molecule has 0 heterocycles. The van der Waals surface area contributed by atoms with Crippen LogP contribution >= 0.6 is 0 Å². The zero-order valence-electron chi connectivity index (χ0n) is 19.5. The van der Waals surface area contributed by atoms with Crippen molar-refractivity contribution >= 4 is 8.32 Å². The van der Waals surface area contributed by atoms with Gasteiger partial charge in [-0.25, -0.2) is 0 Å². The molecule has 0 unspecified atom stereocenters. The van der Waals surface area contributed by atoms with Crippen molar-refractivity contribution in [3.8, 4) is 0 Å². The van der Waals surface area contributed by atoms with E-state index >= 15 is 0 Å². The van der Waals surface area contributed by atoms with Crippen LogP contribution in [-0.2, 0) is 4.43 Å². The van der Waals surface area contributed by atoms with Crippen molar-refractivity contribution in [3.63, 3.8) is 0 Å². The lowest BCUT2D eigenvalue weighted by molar-refractivity contribution is -0.235. The average Bonchev–Trinajstić information content (AvgIpc) is 2.84. The van der Waals surface area contributed by atoms with E-state index in [1.807, 2.05) is 0 Å². The zero-order valence-corrected chi connectivity index (χ0v) is 20.5. The molecule has 1 N–H and O–H groups in total. The molecule has 0 radical (unpaired) electrons. The SMILES string of the molecule is CC(C)(C)[Si](C)(C)O[C@@]1(O)CC[C@H]2[C@@H]3CC=C4CCCC[C@]4(C)[C@H]3CC[C@@]21C.